The van der Waals surface area contributed by atoms with Crippen molar-refractivity contribution >= 4 is 11.9 Å². The Hall–Kier alpha value is -1.10. The molecule has 0 aromatic rings. The van der Waals surface area contributed by atoms with Crippen molar-refractivity contribution in [2.24, 2.45) is 5.92 Å². The monoisotopic (exact) mass is 217 g/mol. The zero-order chi connectivity index (χ0) is 11.8. The van der Waals surface area contributed by atoms with Crippen LogP contribution in [0, 0.1) is 5.92 Å². The van der Waals surface area contributed by atoms with E-state index in [1.54, 1.807) is 11.8 Å². The van der Waals surface area contributed by atoms with Gasteiger partial charge in [0.05, 0.1) is 19.6 Å². The predicted octanol–water partition coefficient (Wildman–Crippen LogP) is 0.592. The number of ether oxygens (including phenoxy) is 1. The van der Waals surface area contributed by atoms with Crippen LogP contribution in [0.2, 0.25) is 0 Å². The first-order valence-corrected chi connectivity index (χ1v) is 5.03. The molecule has 0 bridgehead atoms. The van der Waals surface area contributed by atoms with Crippen LogP contribution in [0.3, 0.4) is 0 Å². The first-order chi connectivity index (χ1) is 7.01. The van der Waals surface area contributed by atoms with Gasteiger partial charge in [-0.25, -0.2) is 0 Å². The van der Waals surface area contributed by atoms with Crippen molar-refractivity contribution < 1.29 is 19.4 Å². The number of esters is 1. The molecule has 0 saturated heterocycles. The number of hydrogen-bond acceptors (Lipinski definition) is 4. The molecule has 0 aliphatic rings. The third-order valence-corrected chi connectivity index (χ3v) is 2.07. The molecule has 0 saturated carbocycles. The van der Waals surface area contributed by atoms with Gasteiger partial charge in [-0.15, -0.1) is 0 Å². The van der Waals surface area contributed by atoms with Gasteiger partial charge in [-0.2, -0.15) is 0 Å². The van der Waals surface area contributed by atoms with Crippen LogP contribution in [0.15, 0.2) is 0 Å². The van der Waals surface area contributed by atoms with E-state index in [9.17, 15) is 9.59 Å². The van der Waals surface area contributed by atoms with E-state index in [0.29, 0.717) is 13.1 Å². The Bertz CT molecular complexity index is 217. The highest BCUT2D eigenvalue weighted by Gasteiger charge is 2.17. The van der Waals surface area contributed by atoms with Gasteiger partial charge < -0.3 is 9.84 Å². The Morgan fingerprint density at radius 1 is 1.47 bits per heavy atom. The summed E-state index contributed by atoms with van der Waals surface area (Å²) < 4.78 is 4.54. The zero-order valence-corrected chi connectivity index (χ0v) is 9.52. The summed E-state index contributed by atoms with van der Waals surface area (Å²) in [7, 11) is 1.33. The van der Waals surface area contributed by atoms with Crippen LogP contribution in [-0.2, 0) is 14.3 Å². The largest absolute Gasteiger partial charge is 0.481 e. The van der Waals surface area contributed by atoms with E-state index in [2.05, 4.69) is 4.74 Å². The minimum atomic E-state index is -0.846. The van der Waals surface area contributed by atoms with E-state index in [1.807, 2.05) is 6.92 Å². The number of hydrogen-bond donors (Lipinski definition) is 1. The maximum absolute atomic E-state index is 11.0. The highest BCUT2D eigenvalue weighted by Crippen LogP contribution is 2.01. The third kappa shape index (κ3) is 6.06. The molecular formula is C10H19NO4. The van der Waals surface area contributed by atoms with Crippen molar-refractivity contribution in [3.63, 3.8) is 0 Å². The SMILES string of the molecule is CCCN(CC(=O)OC)CC(C)C(=O)O. The van der Waals surface area contributed by atoms with E-state index in [4.69, 9.17) is 5.11 Å². The molecule has 0 heterocycles. The summed E-state index contributed by atoms with van der Waals surface area (Å²) in [5.74, 6) is -1.65. The summed E-state index contributed by atoms with van der Waals surface area (Å²) in [6, 6.07) is 0. The van der Waals surface area contributed by atoms with Gasteiger partial charge in [0.2, 0.25) is 0 Å². The molecule has 0 fully saturated rings. The summed E-state index contributed by atoms with van der Waals surface area (Å²) >= 11 is 0. The van der Waals surface area contributed by atoms with Crippen molar-refractivity contribution in [3.8, 4) is 0 Å². The van der Waals surface area contributed by atoms with E-state index in [0.717, 1.165) is 6.42 Å². The molecule has 1 N–H and O–H groups in total. The first-order valence-electron chi connectivity index (χ1n) is 5.03. The maximum atomic E-state index is 11.0. The fraction of sp³-hybridized carbons (Fsp3) is 0.800. The maximum Gasteiger partial charge on any atom is 0.319 e. The van der Waals surface area contributed by atoms with Gasteiger partial charge >= 0.3 is 11.9 Å². The van der Waals surface area contributed by atoms with Crippen molar-refractivity contribution in [1.29, 1.82) is 0 Å². The number of carbonyl (C=O) groups excluding carboxylic acids is 1. The molecule has 0 amide bonds. The fourth-order valence-corrected chi connectivity index (χ4v) is 1.26. The number of methoxy groups -OCH3 is 1. The van der Waals surface area contributed by atoms with Crippen LogP contribution in [0.4, 0.5) is 0 Å². The lowest BCUT2D eigenvalue weighted by Gasteiger charge is -2.22. The van der Waals surface area contributed by atoms with Crippen LogP contribution in [0.1, 0.15) is 20.3 Å². The Kier molecular flexibility index (Phi) is 6.70. The van der Waals surface area contributed by atoms with Crippen molar-refractivity contribution in [3.05, 3.63) is 0 Å². The smallest absolute Gasteiger partial charge is 0.319 e. The minimum Gasteiger partial charge on any atom is -0.481 e. The molecule has 0 aromatic heterocycles. The van der Waals surface area contributed by atoms with Gasteiger partial charge in [-0.05, 0) is 13.0 Å². The lowest BCUT2D eigenvalue weighted by molar-refractivity contribution is -0.145. The number of aliphatic carboxylic acids is 1. The van der Waals surface area contributed by atoms with Gasteiger partial charge in [0.1, 0.15) is 0 Å². The van der Waals surface area contributed by atoms with E-state index in [1.165, 1.54) is 7.11 Å². The van der Waals surface area contributed by atoms with Gasteiger partial charge in [0.25, 0.3) is 0 Å². The van der Waals surface area contributed by atoms with Crippen molar-refractivity contribution in [2.45, 2.75) is 20.3 Å². The lowest BCUT2D eigenvalue weighted by atomic mass is 10.1. The topological polar surface area (TPSA) is 66.8 Å². The van der Waals surface area contributed by atoms with Crippen LogP contribution in [0.5, 0.6) is 0 Å². The summed E-state index contributed by atoms with van der Waals surface area (Å²) in [5.41, 5.74) is 0. The molecule has 0 aromatic carbocycles. The highest BCUT2D eigenvalue weighted by atomic mass is 16.5. The van der Waals surface area contributed by atoms with Crippen LogP contribution in [0.25, 0.3) is 0 Å². The predicted molar refractivity (Wildman–Crippen MR) is 55.5 cm³/mol. The van der Waals surface area contributed by atoms with Gasteiger partial charge in [-0.1, -0.05) is 13.8 Å². The van der Waals surface area contributed by atoms with Gasteiger partial charge in [-0.3, -0.25) is 14.5 Å². The second-order valence-corrected chi connectivity index (χ2v) is 3.55. The molecule has 0 spiro atoms. The quantitative estimate of drug-likeness (QED) is 0.632. The third-order valence-electron chi connectivity index (χ3n) is 2.07. The van der Waals surface area contributed by atoms with Gasteiger partial charge in [0.15, 0.2) is 0 Å². The first kappa shape index (κ1) is 13.9. The fourth-order valence-electron chi connectivity index (χ4n) is 1.26. The van der Waals surface area contributed by atoms with Crippen LogP contribution < -0.4 is 0 Å². The van der Waals surface area contributed by atoms with Crippen LogP contribution >= 0.6 is 0 Å². The molecule has 1 unspecified atom stereocenters. The summed E-state index contributed by atoms with van der Waals surface area (Å²) in [5, 5.41) is 8.75. The molecule has 88 valence electrons. The molecule has 0 aliphatic heterocycles. The highest BCUT2D eigenvalue weighted by molar-refractivity contribution is 5.72. The second kappa shape index (κ2) is 7.23. The standard InChI is InChI=1S/C10H19NO4/c1-4-5-11(7-9(12)15-3)6-8(2)10(13)14/h8H,4-7H2,1-3H3,(H,13,14). The van der Waals surface area contributed by atoms with Crippen molar-refractivity contribution in [1.82, 2.24) is 4.90 Å². The summed E-state index contributed by atoms with van der Waals surface area (Å²) in [6.45, 7) is 4.84. The average molecular weight is 217 g/mol. The molecule has 0 radical (unpaired) electrons. The van der Waals surface area contributed by atoms with E-state index < -0.39 is 11.9 Å². The summed E-state index contributed by atoms with van der Waals surface area (Å²) in [4.78, 5) is 23.5. The zero-order valence-electron chi connectivity index (χ0n) is 9.52. The van der Waals surface area contributed by atoms with E-state index in [-0.39, 0.29) is 12.5 Å². The molecule has 0 rings (SSSR count). The second-order valence-electron chi connectivity index (χ2n) is 3.55. The normalized spacial score (nSPS) is 12.5. The molecule has 5 nitrogen and oxygen atoms in total. The average Bonchev–Trinajstić information content (AvgIpc) is 2.17. The number of carboxylic acid groups (broad SMARTS) is 1. The number of carbonyl (C=O) groups is 2. The number of rotatable bonds is 7. The molecule has 5 heteroatoms. The lowest BCUT2D eigenvalue weighted by Crippen LogP contribution is -2.36. The molecule has 0 aliphatic carbocycles. The summed E-state index contributed by atoms with van der Waals surface area (Å²) in [6.07, 6.45) is 0.878. The Balaban J connectivity index is 4.14. The Morgan fingerprint density at radius 3 is 2.47 bits per heavy atom. The molecule has 15 heavy (non-hydrogen) atoms. The van der Waals surface area contributed by atoms with E-state index >= 15 is 0 Å². The number of nitrogens with zero attached hydrogens (tertiary/aromatic N) is 1. The molecular weight excluding hydrogens is 198 g/mol. The Morgan fingerprint density at radius 2 is 2.07 bits per heavy atom. The van der Waals surface area contributed by atoms with Crippen molar-refractivity contribution in [2.75, 3.05) is 26.7 Å². The van der Waals surface area contributed by atoms with Gasteiger partial charge in [0, 0.05) is 6.54 Å². The minimum absolute atomic E-state index is 0.155. The molecule has 1 atom stereocenters. The number of carboxylic acids is 1. The van der Waals surface area contributed by atoms with Crippen LogP contribution in [-0.4, -0.2) is 48.7 Å². The Labute approximate surface area is 90.0 Å².